The molecule has 0 saturated carbocycles. The third-order valence-corrected chi connectivity index (χ3v) is 3.12. The fourth-order valence-corrected chi connectivity index (χ4v) is 2.13. The van der Waals surface area contributed by atoms with Gasteiger partial charge in [0, 0.05) is 20.0 Å². The molecule has 1 aromatic heterocycles. The molecule has 0 aliphatic rings. The molecule has 4 nitrogen and oxygen atoms in total. The number of fused-ring (bicyclic) bond motifs is 1. The maximum atomic E-state index is 11.5. The highest BCUT2D eigenvalue weighted by atomic mass is 16.1. The van der Waals surface area contributed by atoms with Gasteiger partial charge in [0.25, 0.3) is 0 Å². The van der Waals surface area contributed by atoms with Crippen molar-refractivity contribution in [3.05, 3.63) is 30.1 Å². The molecule has 0 unspecified atom stereocenters. The molecule has 1 aromatic carbocycles. The van der Waals surface area contributed by atoms with E-state index in [9.17, 15) is 4.79 Å². The Morgan fingerprint density at radius 2 is 2.21 bits per heavy atom. The van der Waals surface area contributed by atoms with Crippen LogP contribution in [-0.2, 0) is 18.3 Å². The van der Waals surface area contributed by atoms with E-state index >= 15 is 0 Å². The Morgan fingerprint density at radius 1 is 1.42 bits per heavy atom. The number of imidazole rings is 1. The van der Waals surface area contributed by atoms with Crippen molar-refractivity contribution in [1.29, 1.82) is 0 Å². The lowest BCUT2D eigenvalue weighted by Gasteiger charge is -2.07. The number of carbonyl (C=O) groups excluding carboxylic acids is 1. The zero-order chi connectivity index (χ0) is 13.8. The quantitative estimate of drug-likeness (QED) is 0.895. The van der Waals surface area contributed by atoms with Gasteiger partial charge in [0.2, 0.25) is 5.91 Å². The number of nitrogens with one attached hydrogen (secondary N) is 1. The first kappa shape index (κ1) is 13.6. The number of aromatic nitrogens is 2. The number of carbonyl (C=O) groups is 1. The molecule has 2 rings (SSSR count). The summed E-state index contributed by atoms with van der Waals surface area (Å²) in [5.41, 5.74) is 3.34. The standard InChI is InChI=1S/C15H21N3O/c1-11(2)8-15(19)16-7-6-12-4-5-14-13(9-12)17-10-18(14)3/h4-5,9-11H,6-8H2,1-3H3,(H,16,19). The van der Waals surface area contributed by atoms with E-state index in [0.29, 0.717) is 18.9 Å². The molecular formula is C15H21N3O. The highest BCUT2D eigenvalue weighted by Crippen LogP contribution is 2.14. The van der Waals surface area contributed by atoms with E-state index < -0.39 is 0 Å². The Balaban J connectivity index is 1.89. The van der Waals surface area contributed by atoms with Gasteiger partial charge in [-0.25, -0.2) is 4.98 Å². The van der Waals surface area contributed by atoms with Crippen LogP contribution in [0.5, 0.6) is 0 Å². The second-order valence-corrected chi connectivity index (χ2v) is 5.38. The van der Waals surface area contributed by atoms with Crippen molar-refractivity contribution in [2.24, 2.45) is 13.0 Å². The number of nitrogens with zero attached hydrogens (tertiary/aromatic N) is 2. The number of benzene rings is 1. The monoisotopic (exact) mass is 259 g/mol. The summed E-state index contributed by atoms with van der Waals surface area (Å²) in [5, 5.41) is 2.95. The van der Waals surface area contributed by atoms with Gasteiger partial charge < -0.3 is 9.88 Å². The lowest BCUT2D eigenvalue weighted by atomic mass is 10.1. The Morgan fingerprint density at radius 3 is 2.95 bits per heavy atom. The fraction of sp³-hybridized carbons (Fsp3) is 0.467. The molecule has 4 heteroatoms. The predicted octanol–water partition coefficient (Wildman–Crippen LogP) is 2.28. The minimum atomic E-state index is 0.133. The van der Waals surface area contributed by atoms with Crippen molar-refractivity contribution < 1.29 is 4.79 Å². The average Bonchev–Trinajstić information content (AvgIpc) is 2.70. The van der Waals surface area contributed by atoms with Gasteiger partial charge in [-0.1, -0.05) is 19.9 Å². The second kappa shape index (κ2) is 5.87. The van der Waals surface area contributed by atoms with E-state index in [1.54, 1.807) is 0 Å². The van der Waals surface area contributed by atoms with Gasteiger partial charge in [0.1, 0.15) is 0 Å². The molecule has 0 spiro atoms. The van der Waals surface area contributed by atoms with Crippen LogP contribution in [0.25, 0.3) is 11.0 Å². The molecule has 0 atom stereocenters. The number of hydrogen-bond donors (Lipinski definition) is 1. The third-order valence-electron chi connectivity index (χ3n) is 3.12. The maximum absolute atomic E-state index is 11.5. The first-order chi connectivity index (χ1) is 9.06. The van der Waals surface area contributed by atoms with Crippen LogP contribution in [0.4, 0.5) is 0 Å². The van der Waals surface area contributed by atoms with E-state index in [1.807, 2.05) is 17.9 Å². The normalized spacial score (nSPS) is 11.2. The molecule has 0 bridgehead atoms. The molecule has 0 aliphatic carbocycles. The predicted molar refractivity (Wildman–Crippen MR) is 76.9 cm³/mol. The van der Waals surface area contributed by atoms with Crippen LogP contribution in [0.3, 0.4) is 0 Å². The lowest BCUT2D eigenvalue weighted by molar-refractivity contribution is -0.121. The summed E-state index contributed by atoms with van der Waals surface area (Å²) in [5.74, 6) is 0.541. The van der Waals surface area contributed by atoms with Crippen molar-refractivity contribution in [3.63, 3.8) is 0 Å². The van der Waals surface area contributed by atoms with Crippen LogP contribution in [-0.4, -0.2) is 22.0 Å². The number of hydrogen-bond acceptors (Lipinski definition) is 2. The Hall–Kier alpha value is -1.84. The molecule has 0 aliphatic heterocycles. The Kier molecular flexibility index (Phi) is 4.20. The molecule has 102 valence electrons. The topological polar surface area (TPSA) is 46.9 Å². The van der Waals surface area contributed by atoms with E-state index in [-0.39, 0.29) is 5.91 Å². The highest BCUT2D eigenvalue weighted by molar-refractivity contribution is 5.77. The van der Waals surface area contributed by atoms with Crippen LogP contribution in [0.15, 0.2) is 24.5 Å². The van der Waals surface area contributed by atoms with Crippen LogP contribution < -0.4 is 5.32 Å². The smallest absolute Gasteiger partial charge is 0.220 e. The summed E-state index contributed by atoms with van der Waals surface area (Å²) in [7, 11) is 1.99. The zero-order valence-corrected chi connectivity index (χ0v) is 11.8. The highest BCUT2D eigenvalue weighted by Gasteiger charge is 2.05. The van der Waals surface area contributed by atoms with Gasteiger partial charge in [-0.2, -0.15) is 0 Å². The summed E-state index contributed by atoms with van der Waals surface area (Å²) in [6.45, 7) is 4.78. The van der Waals surface area contributed by atoms with Crippen molar-refractivity contribution in [1.82, 2.24) is 14.9 Å². The first-order valence-electron chi connectivity index (χ1n) is 6.73. The molecular weight excluding hydrogens is 238 g/mol. The number of rotatable bonds is 5. The SMILES string of the molecule is CC(C)CC(=O)NCCc1ccc2c(c1)ncn2C. The maximum Gasteiger partial charge on any atom is 0.220 e. The number of aryl methyl sites for hydroxylation is 1. The molecule has 19 heavy (non-hydrogen) atoms. The van der Waals surface area contributed by atoms with Crippen molar-refractivity contribution in [3.8, 4) is 0 Å². The molecule has 0 fully saturated rings. The van der Waals surface area contributed by atoms with Crippen molar-refractivity contribution in [2.75, 3.05) is 6.54 Å². The van der Waals surface area contributed by atoms with Gasteiger partial charge in [-0.05, 0) is 30.0 Å². The average molecular weight is 259 g/mol. The van der Waals surface area contributed by atoms with Crippen molar-refractivity contribution in [2.45, 2.75) is 26.7 Å². The summed E-state index contributed by atoms with van der Waals surface area (Å²) < 4.78 is 2.00. The van der Waals surface area contributed by atoms with E-state index in [4.69, 9.17) is 0 Å². The fourth-order valence-electron chi connectivity index (χ4n) is 2.13. The summed E-state index contributed by atoms with van der Waals surface area (Å²) in [4.78, 5) is 15.9. The van der Waals surface area contributed by atoms with E-state index in [1.165, 1.54) is 5.56 Å². The summed E-state index contributed by atoms with van der Waals surface area (Å²) in [6, 6.07) is 6.26. The summed E-state index contributed by atoms with van der Waals surface area (Å²) >= 11 is 0. The minimum Gasteiger partial charge on any atom is -0.356 e. The molecule has 0 radical (unpaired) electrons. The molecule has 1 N–H and O–H groups in total. The van der Waals surface area contributed by atoms with Gasteiger partial charge in [0.15, 0.2) is 0 Å². The first-order valence-corrected chi connectivity index (χ1v) is 6.73. The molecule has 1 heterocycles. The second-order valence-electron chi connectivity index (χ2n) is 5.38. The Bertz CT molecular complexity index is 572. The van der Waals surface area contributed by atoms with Crippen molar-refractivity contribution >= 4 is 16.9 Å². The zero-order valence-electron chi connectivity index (χ0n) is 11.8. The lowest BCUT2D eigenvalue weighted by Crippen LogP contribution is -2.26. The van der Waals surface area contributed by atoms with Gasteiger partial charge >= 0.3 is 0 Å². The number of amides is 1. The molecule has 1 amide bonds. The minimum absolute atomic E-state index is 0.133. The van der Waals surface area contributed by atoms with Gasteiger partial charge in [-0.15, -0.1) is 0 Å². The van der Waals surface area contributed by atoms with E-state index in [0.717, 1.165) is 17.5 Å². The molecule has 0 saturated heterocycles. The summed E-state index contributed by atoms with van der Waals surface area (Å²) in [6.07, 6.45) is 3.26. The third kappa shape index (κ3) is 3.56. The van der Waals surface area contributed by atoms with Gasteiger partial charge in [-0.3, -0.25) is 4.79 Å². The molecule has 2 aromatic rings. The largest absolute Gasteiger partial charge is 0.356 e. The van der Waals surface area contributed by atoms with Crippen LogP contribution in [0.2, 0.25) is 0 Å². The van der Waals surface area contributed by atoms with E-state index in [2.05, 4.69) is 42.3 Å². The Labute approximate surface area is 113 Å². The van der Waals surface area contributed by atoms with Gasteiger partial charge in [0.05, 0.1) is 17.4 Å². The van der Waals surface area contributed by atoms with Crippen LogP contribution in [0.1, 0.15) is 25.8 Å². The van der Waals surface area contributed by atoms with Crippen LogP contribution in [0, 0.1) is 5.92 Å². The van der Waals surface area contributed by atoms with Crippen LogP contribution >= 0.6 is 0 Å².